The number of hydrogen-bond donors (Lipinski definition) is 2. The number of benzene rings is 2. The van der Waals surface area contributed by atoms with Crippen LogP contribution in [0.5, 0.6) is 0 Å². The topological polar surface area (TPSA) is 91.0 Å². The van der Waals surface area contributed by atoms with Gasteiger partial charge in [0.2, 0.25) is 0 Å². The van der Waals surface area contributed by atoms with Crippen molar-refractivity contribution in [3.05, 3.63) is 82.3 Å². The van der Waals surface area contributed by atoms with E-state index in [1.165, 1.54) is 19.1 Å². The Kier molecular flexibility index (Phi) is 9.83. The van der Waals surface area contributed by atoms with Gasteiger partial charge < -0.3 is 15.4 Å². The number of methoxy groups -OCH3 is 1. The number of carbonyl (C=O) groups is 3. The van der Waals surface area contributed by atoms with Crippen molar-refractivity contribution in [2.45, 2.75) is 63.1 Å². The number of carbonyl (C=O) groups excluding carboxylic acids is 3. The molecule has 0 bridgehead atoms. The maximum Gasteiger partial charge on any atom is 0.337 e. The quantitative estimate of drug-likeness (QED) is 0.436. The van der Waals surface area contributed by atoms with Gasteiger partial charge >= 0.3 is 18.0 Å². The average Bonchev–Trinajstić information content (AvgIpc) is 3.42. The summed E-state index contributed by atoms with van der Waals surface area (Å²) in [4.78, 5) is 42.4. The number of nitrogens with one attached hydrogen (secondary N) is 2. The Labute approximate surface area is 248 Å². The number of imide groups is 1. The Morgan fingerprint density at radius 2 is 1.69 bits per heavy atom. The molecule has 226 valence electrons. The maximum atomic E-state index is 14.3. The molecular formula is C30H34ClF3N4O4. The van der Waals surface area contributed by atoms with Crippen molar-refractivity contribution >= 4 is 30.4 Å². The first-order chi connectivity index (χ1) is 19.7. The normalized spacial score (nSPS) is 24.6. The molecule has 3 aliphatic rings. The van der Waals surface area contributed by atoms with Crippen LogP contribution in [-0.2, 0) is 9.53 Å². The van der Waals surface area contributed by atoms with Gasteiger partial charge in [0.05, 0.1) is 12.7 Å². The third-order valence-electron chi connectivity index (χ3n) is 8.44. The first-order valence-corrected chi connectivity index (χ1v) is 13.8. The fourth-order valence-corrected chi connectivity index (χ4v) is 6.36. The summed E-state index contributed by atoms with van der Waals surface area (Å²) in [7, 11) is 1.16. The minimum Gasteiger partial charge on any atom is -0.466 e. The number of esters is 1. The lowest BCUT2D eigenvalue weighted by Crippen LogP contribution is -2.56. The van der Waals surface area contributed by atoms with Crippen LogP contribution in [0.3, 0.4) is 0 Å². The van der Waals surface area contributed by atoms with E-state index in [4.69, 9.17) is 4.74 Å². The number of nitrogens with zero attached hydrogens (tertiary/aromatic N) is 2. The Bertz CT molecular complexity index is 1380. The number of rotatable bonds is 5. The summed E-state index contributed by atoms with van der Waals surface area (Å²) >= 11 is 0. The number of halogens is 4. The van der Waals surface area contributed by atoms with Crippen molar-refractivity contribution in [1.82, 2.24) is 20.4 Å². The molecule has 2 aromatic carbocycles. The Hall–Kier alpha value is -3.57. The van der Waals surface area contributed by atoms with Crippen molar-refractivity contribution in [2.24, 2.45) is 0 Å². The number of urea groups is 2. The molecule has 2 aliphatic heterocycles. The summed E-state index contributed by atoms with van der Waals surface area (Å²) in [6.45, 7) is 2.80. The molecule has 2 N–H and O–H groups in total. The van der Waals surface area contributed by atoms with Crippen molar-refractivity contribution < 1.29 is 32.3 Å². The molecule has 2 aromatic rings. The summed E-state index contributed by atoms with van der Waals surface area (Å²) in [6.07, 6.45) is 4.25. The molecule has 0 spiro atoms. The van der Waals surface area contributed by atoms with E-state index in [2.05, 4.69) is 15.5 Å². The molecule has 0 radical (unpaired) electrons. The Morgan fingerprint density at radius 1 is 0.976 bits per heavy atom. The number of allylic oxidation sites excluding steroid dienone is 1. The van der Waals surface area contributed by atoms with Gasteiger partial charge in [-0.2, -0.15) is 0 Å². The van der Waals surface area contributed by atoms with E-state index in [9.17, 15) is 27.6 Å². The standard InChI is InChI=1S/C30H33F3N4O4.ClH/c1-17-26(28(38)41-2)27(19-9-12-24(32)25(33)15-19)37(29(39)34-17)30(40)35-20-13-14-36(16-20)21-10-7-18(8-11-21)22-5-3-4-6-23(22)31;/h3-6,9,12,15,18,20-21,27H,7-8,10-11,13-14,16H2,1-2H3,(H,34,39)(H,35,40);1H/t18?,20-,21?,27+;/m1./s1. The molecule has 1 aliphatic carbocycles. The lowest BCUT2D eigenvalue weighted by molar-refractivity contribution is -0.136. The van der Waals surface area contributed by atoms with Crippen LogP contribution < -0.4 is 10.6 Å². The monoisotopic (exact) mass is 606 g/mol. The minimum atomic E-state index is -1.32. The first kappa shape index (κ1) is 31.4. The van der Waals surface area contributed by atoms with Crippen molar-refractivity contribution in [3.8, 4) is 0 Å². The van der Waals surface area contributed by atoms with Crippen molar-refractivity contribution in [3.63, 3.8) is 0 Å². The largest absolute Gasteiger partial charge is 0.466 e. The first-order valence-electron chi connectivity index (χ1n) is 13.8. The summed E-state index contributed by atoms with van der Waals surface area (Å²) in [5.41, 5.74) is 0.906. The van der Waals surface area contributed by atoms with Crippen LogP contribution in [0.2, 0.25) is 0 Å². The van der Waals surface area contributed by atoms with E-state index in [0.717, 1.165) is 61.9 Å². The molecular weight excluding hydrogens is 573 g/mol. The van der Waals surface area contributed by atoms with Crippen LogP contribution >= 0.6 is 12.4 Å². The van der Waals surface area contributed by atoms with E-state index in [1.807, 2.05) is 12.1 Å². The maximum absolute atomic E-state index is 14.3. The zero-order chi connectivity index (χ0) is 29.3. The number of hydrogen-bond acceptors (Lipinski definition) is 5. The van der Waals surface area contributed by atoms with Crippen LogP contribution in [0.4, 0.5) is 22.8 Å². The molecule has 0 aromatic heterocycles. The second-order valence-corrected chi connectivity index (χ2v) is 10.9. The molecule has 2 fully saturated rings. The van der Waals surface area contributed by atoms with Gasteiger partial charge in [-0.25, -0.2) is 32.5 Å². The minimum absolute atomic E-state index is 0. The number of ether oxygens (including phenoxy) is 1. The van der Waals surface area contributed by atoms with Gasteiger partial charge in [0.15, 0.2) is 11.6 Å². The molecule has 8 nitrogen and oxygen atoms in total. The highest BCUT2D eigenvalue weighted by Crippen LogP contribution is 2.38. The number of amides is 4. The Morgan fingerprint density at radius 3 is 2.36 bits per heavy atom. The van der Waals surface area contributed by atoms with Crippen LogP contribution in [0.25, 0.3) is 0 Å². The highest BCUT2D eigenvalue weighted by atomic mass is 35.5. The molecule has 1 saturated heterocycles. The molecule has 0 unspecified atom stereocenters. The van der Waals surface area contributed by atoms with Gasteiger partial charge in [-0.1, -0.05) is 24.3 Å². The third-order valence-corrected chi connectivity index (χ3v) is 8.44. The second-order valence-electron chi connectivity index (χ2n) is 10.9. The van der Waals surface area contributed by atoms with Crippen LogP contribution in [-0.4, -0.2) is 60.1 Å². The molecule has 1 saturated carbocycles. The highest BCUT2D eigenvalue weighted by molar-refractivity contribution is 6.01. The van der Waals surface area contributed by atoms with Gasteiger partial charge in [0, 0.05) is 30.9 Å². The predicted molar refractivity (Wildman–Crippen MR) is 151 cm³/mol. The number of likely N-dealkylation sites (tertiary alicyclic amines) is 1. The third kappa shape index (κ3) is 6.27. The molecule has 42 heavy (non-hydrogen) atoms. The fraction of sp³-hybridized carbons (Fsp3) is 0.433. The van der Waals surface area contributed by atoms with Gasteiger partial charge in [0.25, 0.3) is 0 Å². The molecule has 12 heteroatoms. The lowest BCUT2D eigenvalue weighted by atomic mass is 9.81. The fourth-order valence-electron chi connectivity index (χ4n) is 6.36. The van der Waals surface area contributed by atoms with Crippen LogP contribution in [0, 0.1) is 17.5 Å². The molecule has 4 amide bonds. The lowest BCUT2D eigenvalue weighted by Gasteiger charge is -2.37. The van der Waals surface area contributed by atoms with E-state index < -0.39 is 35.7 Å². The summed E-state index contributed by atoms with van der Waals surface area (Å²) in [5, 5.41) is 5.41. The summed E-state index contributed by atoms with van der Waals surface area (Å²) in [5.74, 6) is -3.06. The van der Waals surface area contributed by atoms with E-state index in [0.29, 0.717) is 19.0 Å². The zero-order valence-electron chi connectivity index (χ0n) is 23.4. The average molecular weight is 607 g/mol. The zero-order valence-corrected chi connectivity index (χ0v) is 24.2. The van der Waals surface area contributed by atoms with E-state index >= 15 is 0 Å². The molecule has 2 heterocycles. The van der Waals surface area contributed by atoms with Gasteiger partial charge in [-0.05, 0) is 74.3 Å². The van der Waals surface area contributed by atoms with Gasteiger partial charge in [-0.15, -0.1) is 12.4 Å². The van der Waals surface area contributed by atoms with Crippen molar-refractivity contribution in [2.75, 3.05) is 20.2 Å². The SMILES string of the molecule is COC(=O)C1=C(C)NC(=O)N(C(=O)N[C@@H]2CCN(C3CCC(c4ccccc4F)CC3)C2)[C@H]1c1ccc(F)c(F)c1.Cl. The van der Waals surface area contributed by atoms with E-state index in [1.54, 1.807) is 6.07 Å². The van der Waals surface area contributed by atoms with Crippen molar-refractivity contribution in [1.29, 1.82) is 0 Å². The second kappa shape index (κ2) is 13.2. The smallest absolute Gasteiger partial charge is 0.337 e. The molecule has 2 atom stereocenters. The Balaban J connectivity index is 0.00000405. The molecule has 5 rings (SSSR count). The van der Waals surface area contributed by atoms with Gasteiger partial charge in [0.1, 0.15) is 11.9 Å². The van der Waals surface area contributed by atoms with Crippen LogP contribution in [0.15, 0.2) is 53.7 Å². The summed E-state index contributed by atoms with van der Waals surface area (Å²) < 4.78 is 47.1. The van der Waals surface area contributed by atoms with Crippen LogP contribution in [0.1, 0.15) is 62.1 Å². The summed E-state index contributed by atoms with van der Waals surface area (Å²) in [6, 6.07) is 7.05. The predicted octanol–water partition coefficient (Wildman–Crippen LogP) is 5.55. The van der Waals surface area contributed by atoms with E-state index in [-0.39, 0.29) is 47.0 Å². The highest BCUT2D eigenvalue weighted by Gasteiger charge is 2.43. The van der Waals surface area contributed by atoms with Gasteiger partial charge in [-0.3, -0.25) is 4.90 Å².